The Bertz CT molecular complexity index is 998. The van der Waals surface area contributed by atoms with Gasteiger partial charge in [-0.25, -0.2) is 8.42 Å². The van der Waals surface area contributed by atoms with Gasteiger partial charge in [-0.1, -0.05) is 0 Å². The van der Waals surface area contributed by atoms with Crippen molar-refractivity contribution < 1.29 is 27.4 Å². The van der Waals surface area contributed by atoms with Crippen molar-refractivity contribution in [1.82, 2.24) is 0 Å². The van der Waals surface area contributed by atoms with E-state index >= 15 is 0 Å². The number of rotatable bonds is 6. The summed E-state index contributed by atoms with van der Waals surface area (Å²) in [7, 11) is 0.443. The summed E-state index contributed by atoms with van der Waals surface area (Å²) in [5.74, 6) is 0.838. The molecule has 1 unspecified atom stereocenters. The molecule has 2 aromatic rings. The summed E-state index contributed by atoms with van der Waals surface area (Å²) in [6, 6.07) is 7.61. The quantitative estimate of drug-likeness (QED) is 0.735. The highest BCUT2D eigenvalue weighted by Gasteiger charge is 2.25. The summed E-state index contributed by atoms with van der Waals surface area (Å²) < 4.78 is 43.9. The molecule has 0 radical (unpaired) electrons. The number of sulfonamides is 1. The lowest BCUT2D eigenvalue weighted by molar-refractivity contribution is -0.115. The first-order chi connectivity index (χ1) is 13.3. The molecule has 0 fully saturated rings. The molecule has 0 spiro atoms. The van der Waals surface area contributed by atoms with Crippen molar-refractivity contribution >= 4 is 39.1 Å². The number of thioether (sulfide) groups is 1. The van der Waals surface area contributed by atoms with Crippen LogP contribution in [0.4, 0.5) is 11.4 Å². The van der Waals surface area contributed by atoms with Gasteiger partial charge in [-0.05, 0) is 25.1 Å². The zero-order chi connectivity index (χ0) is 20.5. The van der Waals surface area contributed by atoms with Gasteiger partial charge in [0, 0.05) is 17.0 Å². The van der Waals surface area contributed by atoms with Gasteiger partial charge in [0.25, 0.3) is 10.0 Å². The van der Waals surface area contributed by atoms with E-state index in [9.17, 15) is 13.2 Å². The molecule has 1 heterocycles. The summed E-state index contributed by atoms with van der Waals surface area (Å²) >= 11 is 1.38. The minimum Gasteiger partial charge on any atom is -0.493 e. The third-order valence-corrected chi connectivity index (χ3v) is 6.67. The Labute approximate surface area is 167 Å². The van der Waals surface area contributed by atoms with Gasteiger partial charge in [-0.3, -0.25) is 9.52 Å². The first kappa shape index (κ1) is 20.2. The Kier molecular flexibility index (Phi) is 5.61. The van der Waals surface area contributed by atoms with Crippen LogP contribution < -0.4 is 24.2 Å². The van der Waals surface area contributed by atoms with Gasteiger partial charge in [0.1, 0.15) is 0 Å². The average molecular weight is 425 g/mol. The van der Waals surface area contributed by atoms with Crippen LogP contribution in [0.15, 0.2) is 40.1 Å². The van der Waals surface area contributed by atoms with Gasteiger partial charge in [0.15, 0.2) is 11.5 Å². The summed E-state index contributed by atoms with van der Waals surface area (Å²) in [5, 5.41) is 2.50. The van der Waals surface area contributed by atoms with E-state index in [2.05, 4.69) is 10.0 Å². The lowest BCUT2D eigenvalue weighted by Crippen LogP contribution is -2.26. The second-order valence-corrected chi connectivity index (χ2v) is 8.99. The number of anilines is 2. The van der Waals surface area contributed by atoms with Gasteiger partial charge in [-0.15, -0.1) is 11.8 Å². The molecule has 10 heteroatoms. The summed E-state index contributed by atoms with van der Waals surface area (Å²) in [6.45, 7) is 1.79. The second kappa shape index (κ2) is 7.80. The van der Waals surface area contributed by atoms with Crippen molar-refractivity contribution in [2.75, 3.05) is 31.4 Å². The molecule has 0 aromatic heterocycles. The van der Waals surface area contributed by atoms with E-state index in [0.717, 1.165) is 4.90 Å². The Morgan fingerprint density at radius 1 is 1.04 bits per heavy atom. The highest BCUT2D eigenvalue weighted by Crippen LogP contribution is 2.41. The summed E-state index contributed by atoms with van der Waals surface area (Å²) in [5.41, 5.74) is 0.722. The monoisotopic (exact) mass is 424 g/mol. The van der Waals surface area contributed by atoms with Crippen molar-refractivity contribution in [3.05, 3.63) is 30.3 Å². The van der Waals surface area contributed by atoms with Crippen molar-refractivity contribution in [3.63, 3.8) is 0 Å². The molecule has 3 rings (SSSR count). The maximum absolute atomic E-state index is 12.8. The van der Waals surface area contributed by atoms with Gasteiger partial charge in [-0.2, -0.15) is 0 Å². The minimum absolute atomic E-state index is 0.0236. The SMILES string of the molecule is COc1cc(NS(=O)(=O)c2ccc3c(c2)NC(=O)C(C)S3)cc(OC)c1OC. The fourth-order valence-corrected chi connectivity index (χ4v) is 4.71. The minimum atomic E-state index is -3.91. The van der Waals surface area contributed by atoms with Crippen molar-refractivity contribution in [3.8, 4) is 17.2 Å². The number of hydrogen-bond donors (Lipinski definition) is 2. The second-order valence-electron chi connectivity index (χ2n) is 5.93. The standard InChI is InChI=1S/C18H20N2O6S2/c1-10-18(21)19-13-9-12(5-6-16(13)27-10)28(22,23)20-11-7-14(24-2)17(26-4)15(8-11)25-3/h5-10,20H,1-4H3,(H,19,21). The van der Waals surface area contributed by atoms with Crippen LogP contribution in [0.2, 0.25) is 0 Å². The van der Waals surface area contributed by atoms with Crippen LogP contribution >= 0.6 is 11.8 Å². The van der Waals surface area contributed by atoms with Crippen LogP contribution in [0.25, 0.3) is 0 Å². The van der Waals surface area contributed by atoms with E-state index in [1.807, 2.05) is 0 Å². The molecule has 150 valence electrons. The number of hydrogen-bond acceptors (Lipinski definition) is 7. The maximum Gasteiger partial charge on any atom is 0.261 e. The molecule has 1 aliphatic heterocycles. The molecular formula is C18H20N2O6S2. The highest BCUT2D eigenvalue weighted by molar-refractivity contribution is 8.01. The lowest BCUT2D eigenvalue weighted by atomic mass is 10.2. The number of nitrogens with one attached hydrogen (secondary N) is 2. The average Bonchev–Trinajstić information content (AvgIpc) is 2.67. The zero-order valence-corrected chi connectivity index (χ0v) is 17.4. The Morgan fingerprint density at radius 3 is 2.25 bits per heavy atom. The third-order valence-electron chi connectivity index (χ3n) is 4.11. The van der Waals surface area contributed by atoms with Gasteiger partial charge in [0.05, 0.1) is 42.8 Å². The normalized spacial score (nSPS) is 16.0. The molecule has 0 saturated carbocycles. The molecule has 2 N–H and O–H groups in total. The molecule has 1 atom stereocenters. The predicted octanol–water partition coefficient (Wildman–Crippen LogP) is 2.95. The molecule has 0 saturated heterocycles. The van der Waals surface area contributed by atoms with Crippen LogP contribution in [-0.4, -0.2) is 40.9 Å². The molecule has 1 aliphatic rings. The van der Waals surface area contributed by atoms with E-state index in [-0.39, 0.29) is 21.7 Å². The molecule has 1 amide bonds. The van der Waals surface area contributed by atoms with Gasteiger partial charge >= 0.3 is 0 Å². The van der Waals surface area contributed by atoms with Crippen LogP contribution in [0.1, 0.15) is 6.92 Å². The number of carbonyl (C=O) groups is 1. The van der Waals surface area contributed by atoms with E-state index in [0.29, 0.717) is 22.9 Å². The number of carbonyl (C=O) groups excluding carboxylic acids is 1. The lowest BCUT2D eigenvalue weighted by Gasteiger charge is -2.22. The van der Waals surface area contributed by atoms with E-state index in [1.165, 1.54) is 57.4 Å². The van der Waals surface area contributed by atoms with Crippen molar-refractivity contribution in [2.45, 2.75) is 22.0 Å². The number of ether oxygens (including phenoxy) is 3. The van der Waals surface area contributed by atoms with Crippen molar-refractivity contribution in [2.24, 2.45) is 0 Å². The van der Waals surface area contributed by atoms with Crippen LogP contribution in [-0.2, 0) is 14.8 Å². The molecule has 8 nitrogen and oxygen atoms in total. The Hall–Kier alpha value is -2.59. The zero-order valence-electron chi connectivity index (χ0n) is 15.7. The first-order valence-corrected chi connectivity index (χ1v) is 10.6. The molecular weight excluding hydrogens is 404 g/mol. The molecule has 2 aromatic carbocycles. The fraction of sp³-hybridized carbons (Fsp3) is 0.278. The molecule has 0 bridgehead atoms. The van der Waals surface area contributed by atoms with E-state index < -0.39 is 10.0 Å². The van der Waals surface area contributed by atoms with Gasteiger partial charge < -0.3 is 19.5 Å². The number of amides is 1. The Balaban J connectivity index is 1.95. The van der Waals surface area contributed by atoms with Crippen molar-refractivity contribution in [1.29, 1.82) is 0 Å². The number of methoxy groups -OCH3 is 3. The first-order valence-electron chi connectivity index (χ1n) is 8.23. The van der Waals surface area contributed by atoms with Crippen LogP contribution in [0.5, 0.6) is 17.2 Å². The summed E-state index contributed by atoms with van der Waals surface area (Å²) in [4.78, 5) is 12.7. The summed E-state index contributed by atoms with van der Waals surface area (Å²) in [6.07, 6.45) is 0. The predicted molar refractivity (Wildman–Crippen MR) is 107 cm³/mol. The van der Waals surface area contributed by atoms with E-state index in [1.54, 1.807) is 13.0 Å². The maximum atomic E-state index is 12.8. The molecule has 0 aliphatic carbocycles. The largest absolute Gasteiger partial charge is 0.493 e. The topological polar surface area (TPSA) is 103 Å². The number of benzene rings is 2. The highest BCUT2D eigenvalue weighted by atomic mass is 32.2. The van der Waals surface area contributed by atoms with Crippen LogP contribution in [0, 0.1) is 0 Å². The smallest absolute Gasteiger partial charge is 0.261 e. The Morgan fingerprint density at radius 2 is 1.68 bits per heavy atom. The van der Waals surface area contributed by atoms with Gasteiger partial charge in [0.2, 0.25) is 11.7 Å². The fourth-order valence-electron chi connectivity index (χ4n) is 2.71. The third kappa shape index (κ3) is 3.83. The number of fused-ring (bicyclic) bond motifs is 1. The van der Waals surface area contributed by atoms with E-state index in [4.69, 9.17) is 14.2 Å². The van der Waals surface area contributed by atoms with Crippen LogP contribution in [0.3, 0.4) is 0 Å². The molecule has 28 heavy (non-hydrogen) atoms.